The van der Waals surface area contributed by atoms with E-state index in [4.69, 9.17) is 22.4 Å². The molecule has 0 saturated carbocycles. The summed E-state index contributed by atoms with van der Waals surface area (Å²) in [5, 5.41) is 8.95. The standard InChI is InChI=1S/C12H10ClN3O4S/c13-8-2-1-5-15-11(8)16-21(19,20)10-4-3-7(12(17)18)6-9(10)14/h1-6H,14H2,(H,15,16)(H,17,18). The molecule has 1 aromatic carbocycles. The first kappa shape index (κ1) is 15.1. The van der Waals surface area contributed by atoms with Crippen molar-refractivity contribution in [3.63, 3.8) is 0 Å². The van der Waals surface area contributed by atoms with Crippen LogP contribution in [0.15, 0.2) is 41.4 Å². The van der Waals surface area contributed by atoms with E-state index in [9.17, 15) is 13.2 Å². The number of anilines is 2. The number of rotatable bonds is 4. The summed E-state index contributed by atoms with van der Waals surface area (Å²) in [6.07, 6.45) is 1.38. The Morgan fingerprint density at radius 2 is 2.05 bits per heavy atom. The van der Waals surface area contributed by atoms with Crippen molar-refractivity contribution in [2.45, 2.75) is 4.90 Å². The number of nitrogens with one attached hydrogen (secondary N) is 1. The number of nitrogens with two attached hydrogens (primary N) is 1. The second kappa shape index (κ2) is 5.58. The van der Waals surface area contributed by atoms with Gasteiger partial charge in [0.25, 0.3) is 10.0 Å². The van der Waals surface area contributed by atoms with Crippen molar-refractivity contribution >= 4 is 39.1 Å². The largest absolute Gasteiger partial charge is 0.478 e. The van der Waals surface area contributed by atoms with Gasteiger partial charge < -0.3 is 10.8 Å². The van der Waals surface area contributed by atoms with E-state index in [-0.39, 0.29) is 27.0 Å². The number of aromatic nitrogens is 1. The van der Waals surface area contributed by atoms with Crippen LogP contribution < -0.4 is 10.5 Å². The molecule has 0 bridgehead atoms. The zero-order valence-electron chi connectivity index (χ0n) is 10.4. The zero-order valence-corrected chi connectivity index (χ0v) is 12.0. The molecule has 21 heavy (non-hydrogen) atoms. The number of halogens is 1. The smallest absolute Gasteiger partial charge is 0.335 e. The average Bonchev–Trinajstić information content (AvgIpc) is 2.40. The highest BCUT2D eigenvalue weighted by atomic mass is 35.5. The third kappa shape index (κ3) is 3.23. The zero-order chi connectivity index (χ0) is 15.6. The number of pyridine rings is 1. The molecule has 7 nitrogen and oxygen atoms in total. The van der Waals surface area contributed by atoms with Crippen LogP contribution in [0.2, 0.25) is 5.02 Å². The van der Waals surface area contributed by atoms with Crippen LogP contribution >= 0.6 is 11.6 Å². The number of nitrogen functional groups attached to an aromatic ring is 1. The van der Waals surface area contributed by atoms with Crippen molar-refractivity contribution in [1.82, 2.24) is 4.98 Å². The molecule has 2 aromatic rings. The van der Waals surface area contributed by atoms with Gasteiger partial charge in [0, 0.05) is 6.20 Å². The second-order valence-corrected chi connectivity index (χ2v) is 6.06. The number of carbonyl (C=O) groups is 1. The molecule has 110 valence electrons. The molecule has 0 aliphatic heterocycles. The molecule has 1 aromatic heterocycles. The van der Waals surface area contributed by atoms with Gasteiger partial charge in [-0.25, -0.2) is 18.2 Å². The lowest BCUT2D eigenvalue weighted by Crippen LogP contribution is -2.16. The molecule has 0 spiro atoms. The first-order valence-electron chi connectivity index (χ1n) is 5.57. The monoisotopic (exact) mass is 327 g/mol. The highest BCUT2D eigenvalue weighted by molar-refractivity contribution is 7.92. The summed E-state index contributed by atoms with van der Waals surface area (Å²) < 4.78 is 26.6. The Bertz CT molecular complexity index is 808. The van der Waals surface area contributed by atoms with Gasteiger partial charge in [-0.2, -0.15) is 0 Å². The fraction of sp³-hybridized carbons (Fsp3) is 0. The van der Waals surface area contributed by atoms with Gasteiger partial charge in [0.1, 0.15) is 4.90 Å². The molecule has 0 fully saturated rings. The quantitative estimate of drug-likeness (QED) is 0.736. The molecule has 1 heterocycles. The summed E-state index contributed by atoms with van der Waals surface area (Å²) in [5.41, 5.74) is 5.31. The van der Waals surface area contributed by atoms with Gasteiger partial charge in [-0.3, -0.25) is 4.72 Å². The number of nitrogens with zero attached hydrogens (tertiary/aromatic N) is 1. The molecule has 9 heteroatoms. The Kier molecular flexibility index (Phi) is 4.01. The van der Waals surface area contributed by atoms with Gasteiger partial charge in [0.2, 0.25) is 0 Å². The Morgan fingerprint density at radius 1 is 1.33 bits per heavy atom. The average molecular weight is 328 g/mol. The lowest BCUT2D eigenvalue weighted by atomic mass is 10.2. The third-order valence-corrected chi connectivity index (χ3v) is 4.25. The Hall–Kier alpha value is -2.32. The third-order valence-electron chi connectivity index (χ3n) is 2.54. The number of sulfonamides is 1. The van der Waals surface area contributed by atoms with Gasteiger partial charge in [0.05, 0.1) is 16.3 Å². The molecule has 4 N–H and O–H groups in total. The number of hydrogen-bond donors (Lipinski definition) is 3. The van der Waals surface area contributed by atoms with E-state index in [1.54, 1.807) is 6.07 Å². The van der Waals surface area contributed by atoms with Gasteiger partial charge in [-0.15, -0.1) is 0 Å². The Balaban J connectivity index is 2.41. The molecule has 2 rings (SSSR count). The summed E-state index contributed by atoms with van der Waals surface area (Å²) in [6, 6.07) is 6.35. The molecule has 0 saturated heterocycles. The van der Waals surface area contributed by atoms with Crippen LogP contribution in [0.25, 0.3) is 0 Å². The number of hydrogen-bond acceptors (Lipinski definition) is 5. The molecular weight excluding hydrogens is 318 g/mol. The maximum absolute atomic E-state index is 12.2. The summed E-state index contributed by atoms with van der Waals surface area (Å²) in [6.45, 7) is 0. The van der Waals surface area contributed by atoms with E-state index in [0.717, 1.165) is 18.2 Å². The number of carboxylic acid groups (broad SMARTS) is 1. The minimum Gasteiger partial charge on any atom is -0.478 e. The summed E-state index contributed by atoms with van der Waals surface area (Å²) in [7, 11) is -4.02. The number of benzene rings is 1. The van der Waals surface area contributed by atoms with Crippen molar-refractivity contribution < 1.29 is 18.3 Å². The maximum Gasteiger partial charge on any atom is 0.335 e. The number of aromatic carboxylic acids is 1. The van der Waals surface area contributed by atoms with Gasteiger partial charge in [-0.1, -0.05) is 11.6 Å². The SMILES string of the molecule is Nc1cc(C(=O)O)ccc1S(=O)(=O)Nc1ncccc1Cl. The van der Waals surface area contributed by atoms with Gasteiger partial charge >= 0.3 is 5.97 Å². The van der Waals surface area contributed by atoms with Crippen molar-refractivity contribution in [3.05, 3.63) is 47.1 Å². The predicted molar refractivity (Wildman–Crippen MR) is 77.9 cm³/mol. The molecular formula is C12H10ClN3O4S. The lowest BCUT2D eigenvalue weighted by molar-refractivity contribution is 0.0697. The van der Waals surface area contributed by atoms with Crippen LogP contribution in [-0.2, 0) is 10.0 Å². The van der Waals surface area contributed by atoms with Crippen LogP contribution in [0.4, 0.5) is 11.5 Å². The van der Waals surface area contributed by atoms with E-state index in [2.05, 4.69) is 9.71 Å². The van der Waals surface area contributed by atoms with Crippen LogP contribution in [0, 0.1) is 0 Å². The fourth-order valence-electron chi connectivity index (χ4n) is 1.57. The highest BCUT2D eigenvalue weighted by Gasteiger charge is 2.20. The van der Waals surface area contributed by atoms with Crippen LogP contribution in [-0.4, -0.2) is 24.5 Å². The molecule has 0 radical (unpaired) electrons. The summed E-state index contributed by atoms with van der Waals surface area (Å²) in [4.78, 5) is 14.4. The number of carboxylic acids is 1. The normalized spacial score (nSPS) is 11.1. The van der Waals surface area contributed by atoms with Crippen LogP contribution in [0.1, 0.15) is 10.4 Å². The highest BCUT2D eigenvalue weighted by Crippen LogP contribution is 2.25. The minimum atomic E-state index is -4.02. The molecule has 0 aliphatic carbocycles. The van der Waals surface area contributed by atoms with Crippen molar-refractivity contribution in [2.24, 2.45) is 0 Å². The van der Waals surface area contributed by atoms with Crippen LogP contribution in [0.5, 0.6) is 0 Å². The van der Waals surface area contributed by atoms with Crippen molar-refractivity contribution in [1.29, 1.82) is 0 Å². The molecule has 0 aliphatic rings. The summed E-state index contributed by atoms with van der Waals surface area (Å²) >= 11 is 5.83. The van der Waals surface area contributed by atoms with E-state index < -0.39 is 16.0 Å². The van der Waals surface area contributed by atoms with Crippen molar-refractivity contribution in [3.8, 4) is 0 Å². The molecule has 0 amide bonds. The fourth-order valence-corrected chi connectivity index (χ4v) is 2.94. The first-order chi connectivity index (χ1) is 9.81. The topological polar surface area (TPSA) is 122 Å². The van der Waals surface area contributed by atoms with Gasteiger partial charge in [0.15, 0.2) is 5.82 Å². The van der Waals surface area contributed by atoms with E-state index in [1.165, 1.54) is 12.3 Å². The summed E-state index contributed by atoms with van der Waals surface area (Å²) in [5.74, 6) is -1.24. The Morgan fingerprint density at radius 3 is 2.62 bits per heavy atom. The van der Waals surface area contributed by atoms with Gasteiger partial charge in [-0.05, 0) is 30.3 Å². The molecule has 0 unspecified atom stereocenters. The van der Waals surface area contributed by atoms with E-state index in [0.29, 0.717) is 0 Å². The van der Waals surface area contributed by atoms with E-state index in [1.807, 2.05) is 0 Å². The minimum absolute atomic E-state index is 0.0409. The van der Waals surface area contributed by atoms with Crippen molar-refractivity contribution in [2.75, 3.05) is 10.5 Å². The maximum atomic E-state index is 12.2. The molecule has 0 atom stereocenters. The second-order valence-electron chi connectivity index (χ2n) is 4.00. The van der Waals surface area contributed by atoms with E-state index >= 15 is 0 Å². The Labute approximate surface area is 125 Å². The lowest BCUT2D eigenvalue weighted by Gasteiger charge is -2.10. The first-order valence-corrected chi connectivity index (χ1v) is 7.43. The predicted octanol–water partition coefficient (Wildman–Crippen LogP) is 1.82. The van der Waals surface area contributed by atoms with Crippen LogP contribution in [0.3, 0.4) is 0 Å².